The standard InChI is InChI=1S/C10H11FN4O/c11-7-3-1-6(5-8(7)12)2-4-9-14-15-10(13)16-9/h1,3,5H,2,4,12H2,(H2,13,15). The van der Waals surface area contributed by atoms with Gasteiger partial charge in [-0.05, 0) is 24.1 Å². The Labute approximate surface area is 91.3 Å². The van der Waals surface area contributed by atoms with Gasteiger partial charge in [0.25, 0.3) is 0 Å². The molecule has 0 radical (unpaired) electrons. The number of nitrogen functional groups attached to an aromatic ring is 2. The molecule has 1 heterocycles. The summed E-state index contributed by atoms with van der Waals surface area (Å²) in [6.45, 7) is 0. The highest BCUT2D eigenvalue weighted by atomic mass is 19.1. The Bertz CT molecular complexity index is 497. The summed E-state index contributed by atoms with van der Waals surface area (Å²) in [5.41, 5.74) is 11.8. The Hall–Kier alpha value is -2.11. The predicted octanol–water partition coefficient (Wildman–Crippen LogP) is 1.16. The number of aromatic nitrogens is 2. The number of rotatable bonds is 3. The van der Waals surface area contributed by atoms with E-state index in [0.717, 1.165) is 5.56 Å². The Kier molecular flexibility index (Phi) is 2.72. The lowest BCUT2D eigenvalue weighted by Gasteiger charge is -2.01. The molecular formula is C10H11FN4O. The molecule has 1 aromatic carbocycles. The number of aryl methyl sites for hydroxylation is 2. The van der Waals surface area contributed by atoms with Gasteiger partial charge >= 0.3 is 6.01 Å². The highest BCUT2D eigenvalue weighted by molar-refractivity contribution is 5.42. The van der Waals surface area contributed by atoms with E-state index in [1.165, 1.54) is 6.07 Å². The smallest absolute Gasteiger partial charge is 0.312 e. The molecule has 2 rings (SSSR count). The highest BCUT2D eigenvalue weighted by Gasteiger charge is 2.04. The minimum absolute atomic E-state index is 0.0496. The number of benzene rings is 1. The minimum Gasteiger partial charge on any atom is -0.408 e. The molecule has 0 saturated heterocycles. The van der Waals surface area contributed by atoms with E-state index in [0.29, 0.717) is 18.7 Å². The van der Waals surface area contributed by atoms with Crippen LogP contribution in [0.3, 0.4) is 0 Å². The largest absolute Gasteiger partial charge is 0.408 e. The summed E-state index contributed by atoms with van der Waals surface area (Å²) < 4.78 is 17.9. The van der Waals surface area contributed by atoms with E-state index in [2.05, 4.69) is 10.2 Å². The summed E-state index contributed by atoms with van der Waals surface area (Å²) in [7, 11) is 0. The first-order valence-corrected chi connectivity index (χ1v) is 4.77. The number of nitrogens with zero attached hydrogens (tertiary/aromatic N) is 2. The van der Waals surface area contributed by atoms with Crippen LogP contribution in [0.15, 0.2) is 22.6 Å². The van der Waals surface area contributed by atoms with E-state index in [1.54, 1.807) is 12.1 Å². The van der Waals surface area contributed by atoms with Gasteiger partial charge in [0.2, 0.25) is 5.89 Å². The molecule has 0 bridgehead atoms. The fourth-order valence-electron chi connectivity index (χ4n) is 1.37. The van der Waals surface area contributed by atoms with Gasteiger partial charge in [0.1, 0.15) is 5.82 Å². The summed E-state index contributed by atoms with van der Waals surface area (Å²) in [4.78, 5) is 0. The van der Waals surface area contributed by atoms with Crippen molar-refractivity contribution in [2.45, 2.75) is 12.8 Å². The van der Waals surface area contributed by atoms with Crippen LogP contribution < -0.4 is 11.5 Å². The monoisotopic (exact) mass is 222 g/mol. The van der Waals surface area contributed by atoms with Crippen molar-refractivity contribution in [2.24, 2.45) is 0 Å². The van der Waals surface area contributed by atoms with Crippen molar-refractivity contribution in [3.8, 4) is 0 Å². The molecule has 0 aliphatic rings. The average Bonchev–Trinajstić information content (AvgIpc) is 2.66. The first kappa shape index (κ1) is 10.4. The minimum atomic E-state index is -0.411. The molecule has 0 unspecified atom stereocenters. The maximum absolute atomic E-state index is 12.9. The fourth-order valence-corrected chi connectivity index (χ4v) is 1.37. The van der Waals surface area contributed by atoms with Crippen LogP contribution in [0.25, 0.3) is 0 Å². The topological polar surface area (TPSA) is 91.0 Å². The number of nitrogens with two attached hydrogens (primary N) is 2. The van der Waals surface area contributed by atoms with Crippen LogP contribution in [0.2, 0.25) is 0 Å². The van der Waals surface area contributed by atoms with E-state index in [-0.39, 0.29) is 11.7 Å². The van der Waals surface area contributed by atoms with Crippen molar-refractivity contribution >= 4 is 11.7 Å². The van der Waals surface area contributed by atoms with Gasteiger partial charge in [0.05, 0.1) is 5.69 Å². The Morgan fingerprint density at radius 1 is 1.19 bits per heavy atom. The molecule has 0 fully saturated rings. The van der Waals surface area contributed by atoms with E-state index >= 15 is 0 Å². The molecule has 1 aromatic heterocycles. The van der Waals surface area contributed by atoms with Crippen LogP contribution in [0.4, 0.5) is 16.1 Å². The Morgan fingerprint density at radius 2 is 2.00 bits per heavy atom. The van der Waals surface area contributed by atoms with Gasteiger partial charge in [-0.3, -0.25) is 0 Å². The van der Waals surface area contributed by atoms with Gasteiger partial charge in [-0.2, -0.15) is 0 Å². The van der Waals surface area contributed by atoms with Crippen LogP contribution in [0.1, 0.15) is 11.5 Å². The third-order valence-electron chi connectivity index (χ3n) is 2.17. The zero-order chi connectivity index (χ0) is 11.5. The van der Waals surface area contributed by atoms with Crippen molar-refractivity contribution in [1.29, 1.82) is 0 Å². The summed E-state index contributed by atoms with van der Waals surface area (Å²) in [6, 6.07) is 4.65. The summed E-state index contributed by atoms with van der Waals surface area (Å²) >= 11 is 0. The maximum atomic E-state index is 12.9. The molecule has 0 aliphatic carbocycles. The Balaban J connectivity index is 2.02. The van der Waals surface area contributed by atoms with Gasteiger partial charge in [-0.1, -0.05) is 11.2 Å². The van der Waals surface area contributed by atoms with Crippen LogP contribution in [-0.4, -0.2) is 10.2 Å². The zero-order valence-electron chi connectivity index (χ0n) is 8.48. The van der Waals surface area contributed by atoms with Gasteiger partial charge in [-0.15, -0.1) is 5.10 Å². The lowest BCUT2D eigenvalue weighted by Crippen LogP contribution is -1.96. The van der Waals surface area contributed by atoms with Crippen LogP contribution >= 0.6 is 0 Å². The maximum Gasteiger partial charge on any atom is 0.312 e. The third-order valence-corrected chi connectivity index (χ3v) is 2.17. The Morgan fingerprint density at radius 3 is 2.62 bits per heavy atom. The number of hydrogen-bond acceptors (Lipinski definition) is 5. The van der Waals surface area contributed by atoms with E-state index in [1.807, 2.05) is 0 Å². The summed E-state index contributed by atoms with van der Waals surface area (Å²) in [6.07, 6.45) is 1.20. The molecule has 4 N–H and O–H groups in total. The second kappa shape index (κ2) is 4.18. The summed E-state index contributed by atoms with van der Waals surface area (Å²) in [5.74, 6) is 0.0474. The van der Waals surface area contributed by atoms with E-state index < -0.39 is 5.82 Å². The fraction of sp³-hybridized carbons (Fsp3) is 0.200. The van der Waals surface area contributed by atoms with Crippen molar-refractivity contribution in [2.75, 3.05) is 11.5 Å². The van der Waals surface area contributed by atoms with Gasteiger partial charge in [-0.25, -0.2) is 4.39 Å². The second-order valence-electron chi connectivity index (χ2n) is 3.39. The molecule has 84 valence electrons. The van der Waals surface area contributed by atoms with Gasteiger partial charge in [0, 0.05) is 6.42 Å². The SMILES string of the molecule is Nc1nnc(CCc2ccc(F)c(N)c2)o1. The summed E-state index contributed by atoms with van der Waals surface area (Å²) in [5, 5.41) is 7.26. The molecule has 0 aliphatic heterocycles. The lowest BCUT2D eigenvalue weighted by atomic mass is 10.1. The molecule has 5 nitrogen and oxygen atoms in total. The molecule has 16 heavy (non-hydrogen) atoms. The number of halogens is 1. The normalized spacial score (nSPS) is 10.6. The first-order chi connectivity index (χ1) is 7.65. The molecule has 6 heteroatoms. The highest BCUT2D eigenvalue weighted by Crippen LogP contribution is 2.14. The van der Waals surface area contributed by atoms with Gasteiger partial charge < -0.3 is 15.9 Å². The van der Waals surface area contributed by atoms with Gasteiger partial charge in [0.15, 0.2) is 0 Å². The average molecular weight is 222 g/mol. The lowest BCUT2D eigenvalue weighted by molar-refractivity contribution is 0.509. The number of hydrogen-bond donors (Lipinski definition) is 2. The number of anilines is 2. The van der Waals surface area contributed by atoms with Crippen LogP contribution in [-0.2, 0) is 12.8 Å². The van der Waals surface area contributed by atoms with E-state index in [9.17, 15) is 4.39 Å². The zero-order valence-corrected chi connectivity index (χ0v) is 8.48. The molecule has 2 aromatic rings. The first-order valence-electron chi connectivity index (χ1n) is 4.77. The second-order valence-corrected chi connectivity index (χ2v) is 3.39. The molecule has 0 amide bonds. The molecule has 0 spiro atoms. The van der Waals surface area contributed by atoms with Crippen LogP contribution in [0, 0.1) is 5.82 Å². The van der Waals surface area contributed by atoms with Crippen molar-refractivity contribution < 1.29 is 8.81 Å². The van der Waals surface area contributed by atoms with E-state index in [4.69, 9.17) is 15.9 Å². The third kappa shape index (κ3) is 2.28. The van der Waals surface area contributed by atoms with Crippen LogP contribution in [0.5, 0.6) is 0 Å². The van der Waals surface area contributed by atoms with Crippen molar-refractivity contribution in [3.05, 3.63) is 35.5 Å². The predicted molar refractivity (Wildman–Crippen MR) is 56.9 cm³/mol. The van der Waals surface area contributed by atoms with Crippen molar-refractivity contribution in [1.82, 2.24) is 10.2 Å². The molecule has 0 saturated carbocycles. The molecule has 0 atom stereocenters. The van der Waals surface area contributed by atoms with Crippen molar-refractivity contribution in [3.63, 3.8) is 0 Å². The quantitative estimate of drug-likeness (QED) is 0.760. The molecular weight excluding hydrogens is 211 g/mol.